The van der Waals surface area contributed by atoms with Gasteiger partial charge >= 0.3 is 0 Å². The molecular weight excluding hydrogens is 137 g/mol. The maximum atomic E-state index is 12.2. The SMILES string of the molecule is CSc1[c]c(F)ncc1. The van der Waals surface area contributed by atoms with E-state index >= 15 is 0 Å². The predicted octanol–water partition coefficient (Wildman–Crippen LogP) is 1.74. The van der Waals surface area contributed by atoms with Crippen LogP contribution in [0.25, 0.3) is 0 Å². The van der Waals surface area contributed by atoms with Crippen LogP contribution in [0.1, 0.15) is 0 Å². The first-order chi connectivity index (χ1) is 4.33. The second kappa shape index (κ2) is 2.82. The Morgan fingerprint density at radius 3 is 3.00 bits per heavy atom. The van der Waals surface area contributed by atoms with E-state index in [0.29, 0.717) is 0 Å². The molecule has 9 heavy (non-hydrogen) atoms. The van der Waals surface area contributed by atoms with Crippen LogP contribution in [-0.4, -0.2) is 11.2 Å². The molecule has 1 aromatic rings. The maximum absolute atomic E-state index is 12.2. The van der Waals surface area contributed by atoms with Gasteiger partial charge in [0.25, 0.3) is 0 Å². The van der Waals surface area contributed by atoms with Gasteiger partial charge in [0.1, 0.15) is 0 Å². The number of thioether (sulfide) groups is 1. The zero-order chi connectivity index (χ0) is 6.69. The van der Waals surface area contributed by atoms with Gasteiger partial charge in [0.05, 0.1) is 6.07 Å². The van der Waals surface area contributed by atoms with Gasteiger partial charge < -0.3 is 0 Å². The van der Waals surface area contributed by atoms with E-state index in [-0.39, 0.29) is 0 Å². The van der Waals surface area contributed by atoms with E-state index in [0.717, 1.165) is 4.90 Å². The summed E-state index contributed by atoms with van der Waals surface area (Å²) in [4.78, 5) is 4.13. The van der Waals surface area contributed by atoms with Gasteiger partial charge in [0.15, 0.2) is 0 Å². The lowest BCUT2D eigenvalue weighted by atomic mass is 10.5. The first-order valence-corrected chi connectivity index (χ1v) is 3.63. The quantitative estimate of drug-likeness (QED) is 0.437. The Morgan fingerprint density at radius 1 is 1.78 bits per heavy atom. The highest BCUT2D eigenvalue weighted by Gasteiger charge is 1.92. The number of rotatable bonds is 1. The highest BCUT2D eigenvalue weighted by Crippen LogP contribution is 2.11. The van der Waals surface area contributed by atoms with Gasteiger partial charge in [-0.1, -0.05) is 0 Å². The monoisotopic (exact) mass is 142 g/mol. The first-order valence-electron chi connectivity index (χ1n) is 2.41. The molecule has 0 unspecified atom stereocenters. The Labute approximate surface area is 57.3 Å². The Bertz CT molecular complexity index is 202. The van der Waals surface area contributed by atoms with Crippen molar-refractivity contribution in [2.45, 2.75) is 4.90 Å². The fourth-order valence-electron chi connectivity index (χ4n) is 0.465. The molecule has 0 saturated heterocycles. The number of hydrogen-bond acceptors (Lipinski definition) is 2. The molecule has 0 saturated carbocycles. The number of hydrogen-bond donors (Lipinski definition) is 0. The summed E-state index contributed by atoms with van der Waals surface area (Å²) in [5.41, 5.74) is 0. The molecule has 47 valence electrons. The molecule has 0 aliphatic heterocycles. The van der Waals surface area contributed by atoms with Crippen molar-refractivity contribution in [3.8, 4) is 0 Å². The summed E-state index contributed by atoms with van der Waals surface area (Å²) in [5, 5.41) is 0. The zero-order valence-corrected chi connectivity index (χ0v) is 5.70. The van der Waals surface area contributed by atoms with Gasteiger partial charge in [0, 0.05) is 11.1 Å². The predicted molar refractivity (Wildman–Crippen MR) is 34.8 cm³/mol. The van der Waals surface area contributed by atoms with Gasteiger partial charge in [-0.15, -0.1) is 11.8 Å². The van der Waals surface area contributed by atoms with Crippen molar-refractivity contribution < 1.29 is 4.39 Å². The van der Waals surface area contributed by atoms with Crippen molar-refractivity contribution in [2.75, 3.05) is 6.26 Å². The van der Waals surface area contributed by atoms with Crippen molar-refractivity contribution in [1.82, 2.24) is 4.98 Å². The van der Waals surface area contributed by atoms with Crippen molar-refractivity contribution in [3.63, 3.8) is 0 Å². The fraction of sp³-hybridized carbons (Fsp3) is 0.167. The van der Waals surface area contributed by atoms with Crippen molar-refractivity contribution in [2.24, 2.45) is 0 Å². The van der Waals surface area contributed by atoms with E-state index < -0.39 is 5.95 Å². The minimum absolute atomic E-state index is 0.540. The highest BCUT2D eigenvalue weighted by atomic mass is 32.2. The highest BCUT2D eigenvalue weighted by molar-refractivity contribution is 7.98. The van der Waals surface area contributed by atoms with Crippen LogP contribution in [0.15, 0.2) is 17.2 Å². The van der Waals surface area contributed by atoms with E-state index in [2.05, 4.69) is 11.1 Å². The largest absolute Gasteiger partial charge is 0.228 e. The van der Waals surface area contributed by atoms with E-state index in [1.807, 2.05) is 6.26 Å². The summed E-state index contributed by atoms with van der Waals surface area (Å²) in [7, 11) is 0. The van der Waals surface area contributed by atoms with Crippen molar-refractivity contribution in [1.29, 1.82) is 0 Å². The van der Waals surface area contributed by atoms with Crippen LogP contribution in [0.4, 0.5) is 4.39 Å². The van der Waals surface area contributed by atoms with Crippen molar-refractivity contribution >= 4 is 11.8 Å². The number of nitrogens with zero attached hydrogens (tertiary/aromatic N) is 1. The topological polar surface area (TPSA) is 12.9 Å². The minimum Gasteiger partial charge on any atom is -0.228 e. The van der Waals surface area contributed by atoms with Gasteiger partial charge in [-0.3, -0.25) is 0 Å². The first kappa shape index (κ1) is 6.55. The van der Waals surface area contributed by atoms with Crippen LogP contribution in [0.5, 0.6) is 0 Å². The lowest BCUT2D eigenvalue weighted by Gasteiger charge is -1.90. The van der Waals surface area contributed by atoms with Crippen LogP contribution in [0.2, 0.25) is 0 Å². The molecule has 0 aliphatic carbocycles. The number of aromatic nitrogens is 1. The van der Waals surface area contributed by atoms with Crippen LogP contribution in [0.3, 0.4) is 0 Å². The average molecular weight is 142 g/mol. The molecule has 1 rings (SSSR count). The zero-order valence-electron chi connectivity index (χ0n) is 4.89. The molecule has 0 aliphatic rings. The molecule has 1 radical (unpaired) electrons. The Hall–Kier alpha value is -0.570. The maximum Gasteiger partial charge on any atom is 0.222 e. The van der Waals surface area contributed by atoms with Crippen LogP contribution in [0, 0.1) is 12.0 Å². The smallest absolute Gasteiger partial charge is 0.222 e. The number of halogens is 1. The third-order valence-corrected chi connectivity index (χ3v) is 1.54. The van der Waals surface area contributed by atoms with E-state index in [1.165, 1.54) is 18.0 Å². The van der Waals surface area contributed by atoms with Gasteiger partial charge in [-0.25, -0.2) is 4.98 Å². The molecule has 0 fully saturated rings. The third kappa shape index (κ3) is 1.68. The molecule has 0 aromatic carbocycles. The van der Waals surface area contributed by atoms with E-state index in [9.17, 15) is 4.39 Å². The molecular formula is C6H5FNS. The molecule has 0 bridgehead atoms. The minimum atomic E-state index is -0.540. The molecule has 1 aromatic heterocycles. The normalized spacial score (nSPS) is 9.56. The molecule has 1 heterocycles. The third-order valence-electron chi connectivity index (χ3n) is 0.860. The van der Waals surface area contributed by atoms with Crippen molar-refractivity contribution in [3.05, 3.63) is 24.3 Å². The summed E-state index contributed by atoms with van der Waals surface area (Å²) in [6.45, 7) is 0. The average Bonchev–Trinajstić information content (AvgIpc) is 1.88. The molecule has 0 atom stereocenters. The molecule has 3 heteroatoms. The Morgan fingerprint density at radius 2 is 2.56 bits per heavy atom. The van der Waals surface area contributed by atoms with Gasteiger partial charge in [-0.05, 0) is 12.3 Å². The standard InChI is InChI=1S/C6H5FNS/c1-9-5-2-3-8-6(7)4-5/h2-3H,1H3. The van der Waals surface area contributed by atoms with Crippen LogP contribution in [-0.2, 0) is 0 Å². The van der Waals surface area contributed by atoms with E-state index in [4.69, 9.17) is 0 Å². The molecule has 1 nitrogen and oxygen atoms in total. The molecule has 0 amide bonds. The molecule has 0 spiro atoms. The van der Waals surface area contributed by atoms with E-state index in [1.54, 1.807) is 6.07 Å². The second-order valence-electron chi connectivity index (χ2n) is 1.43. The lowest BCUT2D eigenvalue weighted by Crippen LogP contribution is -1.80. The Kier molecular flexibility index (Phi) is 2.05. The summed E-state index contributed by atoms with van der Waals surface area (Å²) in [6, 6.07) is 4.16. The number of pyridine rings is 1. The summed E-state index contributed by atoms with van der Waals surface area (Å²) < 4.78 is 12.2. The summed E-state index contributed by atoms with van der Waals surface area (Å²) in [5.74, 6) is -0.540. The summed E-state index contributed by atoms with van der Waals surface area (Å²) >= 11 is 1.45. The van der Waals surface area contributed by atoms with Gasteiger partial charge in [-0.2, -0.15) is 4.39 Å². The van der Waals surface area contributed by atoms with Crippen LogP contribution >= 0.6 is 11.8 Å². The lowest BCUT2D eigenvalue weighted by molar-refractivity contribution is 0.577. The Balaban J connectivity index is 2.94. The fourth-order valence-corrected chi connectivity index (χ4v) is 0.848. The van der Waals surface area contributed by atoms with Crippen LogP contribution < -0.4 is 0 Å². The molecule has 0 N–H and O–H groups in total. The van der Waals surface area contributed by atoms with Gasteiger partial charge in [0.2, 0.25) is 5.95 Å². The summed E-state index contributed by atoms with van der Waals surface area (Å²) in [6.07, 6.45) is 3.29. The second-order valence-corrected chi connectivity index (χ2v) is 2.28.